The van der Waals surface area contributed by atoms with Crippen molar-refractivity contribution >= 4 is 28.4 Å². The molecule has 0 saturated heterocycles. The first-order valence-corrected chi connectivity index (χ1v) is 9.36. The Kier molecular flexibility index (Phi) is 7.37. The minimum atomic E-state index is -4.06. The van der Waals surface area contributed by atoms with Crippen LogP contribution in [0.3, 0.4) is 0 Å². The molecule has 0 heterocycles. The molecule has 142 valence electrons. The molecule has 25 heavy (non-hydrogen) atoms. The lowest BCUT2D eigenvalue weighted by molar-refractivity contribution is 0.0595. The molecule has 1 aromatic carbocycles. The van der Waals surface area contributed by atoms with E-state index in [9.17, 15) is 17.6 Å². The first-order valence-electron chi connectivity index (χ1n) is 7.87. The fourth-order valence-corrected chi connectivity index (χ4v) is 4.95. The lowest BCUT2D eigenvalue weighted by Gasteiger charge is -2.42. The van der Waals surface area contributed by atoms with Gasteiger partial charge in [-0.3, -0.25) is 0 Å². The van der Waals surface area contributed by atoms with Crippen LogP contribution < -0.4 is 10.5 Å². The first kappa shape index (κ1) is 21.8. The van der Waals surface area contributed by atoms with Gasteiger partial charge in [0, 0.05) is 12.1 Å². The van der Waals surface area contributed by atoms with Gasteiger partial charge in [0.1, 0.15) is 5.82 Å². The topological polar surface area (TPSA) is 98.5 Å². The molecule has 1 saturated carbocycles. The minimum Gasteiger partial charge on any atom is -0.465 e. The number of esters is 1. The van der Waals surface area contributed by atoms with E-state index in [2.05, 4.69) is 9.46 Å². The smallest absolute Gasteiger partial charge is 0.339 e. The molecule has 2 unspecified atom stereocenters. The molecule has 2 atom stereocenters. The molecule has 1 aliphatic carbocycles. The molecular weight excluding hydrogens is 371 g/mol. The number of benzene rings is 1. The van der Waals surface area contributed by atoms with Gasteiger partial charge in [0.15, 0.2) is 0 Å². The van der Waals surface area contributed by atoms with Crippen LogP contribution in [0.5, 0.6) is 0 Å². The highest BCUT2D eigenvalue weighted by Crippen LogP contribution is 2.34. The number of carbonyl (C=O) groups is 1. The van der Waals surface area contributed by atoms with Crippen molar-refractivity contribution in [3.05, 3.63) is 29.6 Å². The highest BCUT2D eigenvalue weighted by atomic mass is 35.5. The van der Waals surface area contributed by atoms with Crippen molar-refractivity contribution < 1.29 is 22.3 Å². The molecule has 0 aliphatic heterocycles. The quantitative estimate of drug-likeness (QED) is 0.746. The van der Waals surface area contributed by atoms with Crippen LogP contribution >= 0.6 is 12.4 Å². The first-order chi connectivity index (χ1) is 11.3. The molecule has 0 spiro atoms. The molecule has 0 radical (unpaired) electrons. The summed E-state index contributed by atoms with van der Waals surface area (Å²) < 4.78 is 46.4. The Hall–Kier alpha value is -1.22. The highest BCUT2D eigenvalue weighted by molar-refractivity contribution is 7.89. The standard InChI is InChI=1S/C16H23FN2O4S.ClH/c1-11-5-3-4-8-16(11,10-18)19-24(21,22)14-7-6-12(17)9-13(14)15(20)23-2;/h6-7,9,11,19H,3-5,8,10,18H2,1-2H3;1H. The zero-order valence-corrected chi connectivity index (χ0v) is 15.9. The van der Waals surface area contributed by atoms with Crippen molar-refractivity contribution in [2.45, 2.75) is 43.0 Å². The van der Waals surface area contributed by atoms with Gasteiger partial charge in [0.2, 0.25) is 10.0 Å². The minimum absolute atomic E-state index is 0. The summed E-state index contributed by atoms with van der Waals surface area (Å²) in [5.74, 6) is -1.56. The van der Waals surface area contributed by atoms with Crippen LogP contribution in [0.4, 0.5) is 4.39 Å². The van der Waals surface area contributed by atoms with Crippen LogP contribution in [0, 0.1) is 11.7 Å². The molecule has 0 amide bonds. The lowest BCUT2D eigenvalue weighted by Crippen LogP contribution is -2.59. The summed E-state index contributed by atoms with van der Waals surface area (Å²) in [5.41, 5.74) is 4.79. The van der Waals surface area contributed by atoms with Crippen molar-refractivity contribution in [3.8, 4) is 0 Å². The zero-order valence-electron chi connectivity index (χ0n) is 14.2. The normalized spacial score (nSPS) is 23.6. The summed E-state index contributed by atoms with van der Waals surface area (Å²) in [4.78, 5) is 11.5. The van der Waals surface area contributed by atoms with E-state index in [1.165, 1.54) is 0 Å². The Labute approximate surface area is 153 Å². The number of carbonyl (C=O) groups excluding carboxylic acids is 1. The number of nitrogens with one attached hydrogen (secondary N) is 1. The third-order valence-electron chi connectivity index (χ3n) is 4.79. The van der Waals surface area contributed by atoms with E-state index in [1.54, 1.807) is 0 Å². The monoisotopic (exact) mass is 394 g/mol. The maximum Gasteiger partial charge on any atom is 0.339 e. The van der Waals surface area contributed by atoms with E-state index in [4.69, 9.17) is 5.73 Å². The molecule has 9 heteroatoms. The average Bonchev–Trinajstić information content (AvgIpc) is 2.55. The fraction of sp³-hybridized carbons (Fsp3) is 0.562. The number of hydrogen-bond acceptors (Lipinski definition) is 5. The number of methoxy groups -OCH3 is 1. The molecule has 1 aromatic rings. The van der Waals surface area contributed by atoms with Crippen LogP contribution in [0.2, 0.25) is 0 Å². The van der Waals surface area contributed by atoms with Gasteiger partial charge in [-0.2, -0.15) is 0 Å². The number of sulfonamides is 1. The molecule has 1 aliphatic rings. The van der Waals surface area contributed by atoms with Crippen molar-refractivity contribution in [1.29, 1.82) is 0 Å². The van der Waals surface area contributed by atoms with Crippen molar-refractivity contribution in [2.75, 3.05) is 13.7 Å². The van der Waals surface area contributed by atoms with E-state index < -0.39 is 27.3 Å². The number of ether oxygens (including phenoxy) is 1. The summed E-state index contributed by atoms with van der Waals surface area (Å²) in [5, 5.41) is 0. The summed E-state index contributed by atoms with van der Waals surface area (Å²) in [7, 11) is -2.95. The van der Waals surface area contributed by atoms with Crippen molar-refractivity contribution in [3.63, 3.8) is 0 Å². The average molecular weight is 395 g/mol. The van der Waals surface area contributed by atoms with E-state index in [-0.39, 0.29) is 35.3 Å². The van der Waals surface area contributed by atoms with Crippen molar-refractivity contribution in [2.24, 2.45) is 11.7 Å². The Morgan fingerprint density at radius 1 is 1.44 bits per heavy atom. The Morgan fingerprint density at radius 3 is 2.68 bits per heavy atom. The maximum atomic E-state index is 13.5. The van der Waals surface area contributed by atoms with Crippen LogP contribution in [-0.2, 0) is 14.8 Å². The number of hydrogen-bond donors (Lipinski definition) is 2. The van der Waals surface area contributed by atoms with Crippen LogP contribution in [0.25, 0.3) is 0 Å². The summed E-state index contributed by atoms with van der Waals surface area (Å²) in [6, 6.07) is 2.93. The lowest BCUT2D eigenvalue weighted by atomic mass is 9.74. The number of nitrogens with two attached hydrogens (primary N) is 1. The molecule has 3 N–H and O–H groups in total. The maximum absolute atomic E-state index is 13.5. The van der Waals surface area contributed by atoms with Gasteiger partial charge in [-0.25, -0.2) is 22.3 Å². The third kappa shape index (κ3) is 4.49. The van der Waals surface area contributed by atoms with E-state index in [0.29, 0.717) is 6.42 Å². The largest absolute Gasteiger partial charge is 0.465 e. The molecule has 2 rings (SSSR count). The van der Waals surface area contributed by atoms with Gasteiger partial charge in [0.05, 0.1) is 17.6 Å². The molecule has 1 fully saturated rings. The number of halogens is 2. The second-order valence-electron chi connectivity index (χ2n) is 6.24. The molecule has 0 aromatic heterocycles. The zero-order chi connectivity index (χ0) is 18.0. The van der Waals surface area contributed by atoms with Gasteiger partial charge in [-0.1, -0.05) is 19.8 Å². The van der Waals surface area contributed by atoms with Crippen molar-refractivity contribution in [1.82, 2.24) is 4.72 Å². The molecular formula is C16H24ClFN2O4S. The highest BCUT2D eigenvalue weighted by Gasteiger charge is 2.41. The van der Waals surface area contributed by atoms with Gasteiger partial charge < -0.3 is 10.5 Å². The van der Waals surface area contributed by atoms with Crippen LogP contribution in [-0.4, -0.2) is 33.6 Å². The third-order valence-corrected chi connectivity index (χ3v) is 6.40. The molecule has 6 nitrogen and oxygen atoms in total. The van der Waals surface area contributed by atoms with Crippen LogP contribution in [0.1, 0.15) is 43.0 Å². The predicted octanol–water partition coefficient (Wildman–Crippen LogP) is 2.22. The Morgan fingerprint density at radius 2 is 2.12 bits per heavy atom. The number of rotatable bonds is 5. The van der Waals surface area contributed by atoms with Gasteiger partial charge in [-0.15, -0.1) is 12.4 Å². The SMILES string of the molecule is COC(=O)c1cc(F)ccc1S(=O)(=O)NC1(CN)CCCCC1C.Cl. The predicted molar refractivity (Wildman–Crippen MR) is 94.7 cm³/mol. The van der Waals surface area contributed by atoms with Gasteiger partial charge in [-0.05, 0) is 37.0 Å². The van der Waals surface area contributed by atoms with Gasteiger partial charge >= 0.3 is 5.97 Å². The van der Waals surface area contributed by atoms with E-state index in [0.717, 1.165) is 44.6 Å². The summed E-state index contributed by atoms with van der Waals surface area (Å²) in [6.45, 7) is 2.11. The van der Waals surface area contributed by atoms with E-state index in [1.807, 2.05) is 6.92 Å². The second-order valence-corrected chi connectivity index (χ2v) is 7.90. The van der Waals surface area contributed by atoms with Crippen LogP contribution in [0.15, 0.2) is 23.1 Å². The summed E-state index contributed by atoms with van der Waals surface area (Å²) in [6.07, 6.45) is 3.39. The molecule has 0 bridgehead atoms. The van der Waals surface area contributed by atoms with E-state index >= 15 is 0 Å². The summed E-state index contributed by atoms with van der Waals surface area (Å²) >= 11 is 0. The van der Waals surface area contributed by atoms with Gasteiger partial charge in [0.25, 0.3) is 0 Å². The fourth-order valence-electron chi connectivity index (χ4n) is 3.24. The Bertz CT molecular complexity index is 729. The second kappa shape index (κ2) is 8.44. The Balaban J connectivity index is 0.00000312.